The van der Waals surface area contributed by atoms with Gasteiger partial charge in [-0.3, -0.25) is 0 Å². The number of halogens is 3. The summed E-state index contributed by atoms with van der Waals surface area (Å²) in [5.74, 6) is -1.03. The number of alkyl halides is 3. The summed E-state index contributed by atoms with van der Waals surface area (Å²) in [7, 11) is -2.17. The van der Waals surface area contributed by atoms with Crippen molar-refractivity contribution in [3.8, 4) is 0 Å². The summed E-state index contributed by atoms with van der Waals surface area (Å²) in [5.41, 5.74) is 0. The van der Waals surface area contributed by atoms with Crippen LogP contribution in [0.2, 0.25) is 0 Å². The van der Waals surface area contributed by atoms with E-state index >= 15 is 0 Å². The fourth-order valence-electron chi connectivity index (χ4n) is 2.28. The number of aromatic nitrogens is 1. The van der Waals surface area contributed by atoms with Gasteiger partial charge in [-0.05, 0) is 18.9 Å². The van der Waals surface area contributed by atoms with Crippen LogP contribution in [0.25, 0.3) is 0 Å². The van der Waals surface area contributed by atoms with Crippen molar-refractivity contribution in [1.29, 1.82) is 0 Å². The maximum absolute atomic E-state index is 12.6. The molecule has 0 unspecified atom stereocenters. The lowest BCUT2D eigenvalue weighted by Gasteiger charge is -2.32. The van der Waals surface area contributed by atoms with Crippen molar-refractivity contribution in [3.63, 3.8) is 0 Å². The Labute approximate surface area is 121 Å². The molecule has 2 heterocycles. The summed E-state index contributed by atoms with van der Waals surface area (Å²) in [6, 6.07) is 2.71. The van der Waals surface area contributed by atoms with E-state index in [1.54, 1.807) is 7.05 Å². The number of hydrogen-bond donors (Lipinski definition) is 1. The van der Waals surface area contributed by atoms with Crippen LogP contribution in [-0.2, 0) is 10.0 Å². The Bertz CT molecular complexity index is 596. The van der Waals surface area contributed by atoms with E-state index in [9.17, 15) is 21.6 Å². The van der Waals surface area contributed by atoms with Gasteiger partial charge in [0.15, 0.2) is 0 Å². The SMILES string of the molecule is CNc1cc(S(=O)(=O)N2CCC(C(F)(F)F)CC2)ccn1. The van der Waals surface area contributed by atoms with Gasteiger partial charge in [-0.25, -0.2) is 13.4 Å². The molecule has 118 valence electrons. The second kappa shape index (κ2) is 5.80. The first-order chi connectivity index (χ1) is 9.75. The second-order valence-electron chi connectivity index (χ2n) is 4.85. The number of hydrogen-bond acceptors (Lipinski definition) is 4. The average molecular weight is 323 g/mol. The van der Waals surface area contributed by atoms with Crippen molar-refractivity contribution in [3.05, 3.63) is 18.3 Å². The molecule has 1 aliphatic rings. The van der Waals surface area contributed by atoms with Gasteiger partial charge in [0.25, 0.3) is 0 Å². The van der Waals surface area contributed by atoms with E-state index < -0.39 is 22.1 Å². The molecule has 5 nitrogen and oxygen atoms in total. The Morgan fingerprint density at radius 2 is 1.95 bits per heavy atom. The van der Waals surface area contributed by atoms with Crippen LogP contribution >= 0.6 is 0 Å². The van der Waals surface area contributed by atoms with Crippen LogP contribution in [-0.4, -0.2) is 44.0 Å². The first-order valence-corrected chi connectivity index (χ1v) is 7.90. The molecule has 0 spiro atoms. The van der Waals surface area contributed by atoms with Crippen molar-refractivity contribution >= 4 is 15.8 Å². The Morgan fingerprint density at radius 3 is 2.48 bits per heavy atom. The lowest BCUT2D eigenvalue weighted by atomic mass is 9.98. The largest absolute Gasteiger partial charge is 0.391 e. The van der Waals surface area contributed by atoms with Crippen LogP contribution in [0.5, 0.6) is 0 Å². The topological polar surface area (TPSA) is 62.3 Å². The molecular formula is C12H16F3N3O2S. The number of nitrogens with one attached hydrogen (secondary N) is 1. The van der Waals surface area contributed by atoms with Crippen molar-refractivity contribution in [2.45, 2.75) is 23.9 Å². The molecule has 1 aliphatic heterocycles. The third kappa shape index (κ3) is 3.46. The van der Waals surface area contributed by atoms with E-state index in [-0.39, 0.29) is 30.8 Å². The van der Waals surface area contributed by atoms with Gasteiger partial charge < -0.3 is 5.32 Å². The summed E-state index contributed by atoms with van der Waals surface area (Å²) in [4.78, 5) is 3.95. The van der Waals surface area contributed by atoms with Crippen molar-refractivity contribution in [1.82, 2.24) is 9.29 Å². The van der Waals surface area contributed by atoms with Crippen molar-refractivity contribution in [2.75, 3.05) is 25.5 Å². The van der Waals surface area contributed by atoms with Gasteiger partial charge in [0, 0.05) is 32.4 Å². The normalized spacial score (nSPS) is 18.7. The predicted molar refractivity (Wildman–Crippen MR) is 71.3 cm³/mol. The van der Waals surface area contributed by atoms with E-state index in [0.29, 0.717) is 5.82 Å². The fraction of sp³-hybridized carbons (Fsp3) is 0.583. The number of nitrogens with zero attached hydrogens (tertiary/aromatic N) is 2. The molecule has 0 amide bonds. The summed E-state index contributed by atoms with van der Waals surface area (Å²) < 4.78 is 63.7. The molecule has 2 rings (SSSR count). The first-order valence-electron chi connectivity index (χ1n) is 6.46. The molecule has 1 aromatic heterocycles. The Kier molecular flexibility index (Phi) is 4.43. The highest BCUT2D eigenvalue weighted by Gasteiger charge is 2.43. The van der Waals surface area contributed by atoms with Crippen LogP contribution in [0, 0.1) is 5.92 Å². The highest BCUT2D eigenvalue weighted by atomic mass is 32.2. The number of sulfonamides is 1. The quantitative estimate of drug-likeness (QED) is 0.925. The van der Waals surface area contributed by atoms with Gasteiger partial charge in [0.1, 0.15) is 5.82 Å². The van der Waals surface area contributed by atoms with Crippen molar-refractivity contribution in [2.24, 2.45) is 5.92 Å². The average Bonchev–Trinajstić information content (AvgIpc) is 2.46. The number of rotatable bonds is 3. The van der Waals surface area contributed by atoms with Gasteiger partial charge in [-0.15, -0.1) is 0 Å². The molecule has 1 fully saturated rings. The van der Waals surface area contributed by atoms with Gasteiger partial charge in [0.05, 0.1) is 10.8 Å². The van der Waals surface area contributed by atoms with Crippen LogP contribution in [0.4, 0.5) is 19.0 Å². The minimum absolute atomic E-state index is 0.0345. The maximum Gasteiger partial charge on any atom is 0.391 e. The zero-order valence-electron chi connectivity index (χ0n) is 11.4. The van der Waals surface area contributed by atoms with Crippen molar-refractivity contribution < 1.29 is 21.6 Å². The first kappa shape index (κ1) is 16.0. The molecular weight excluding hydrogens is 307 g/mol. The third-order valence-electron chi connectivity index (χ3n) is 3.54. The molecule has 1 N–H and O–H groups in total. The number of anilines is 1. The molecule has 0 aromatic carbocycles. The lowest BCUT2D eigenvalue weighted by Crippen LogP contribution is -2.42. The molecule has 9 heteroatoms. The van der Waals surface area contributed by atoms with E-state index in [4.69, 9.17) is 0 Å². The van der Waals surface area contributed by atoms with Crippen LogP contribution in [0.3, 0.4) is 0 Å². The van der Waals surface area contributed by atoms with E-state index in [2.05, 4.69) is 10.3 Å². The van der Waals surface area contributed by atoms with E-state index in [1.165, 1.54) is 18.3 Å². The molecule has 1 aromatic rings. The fourth-order valence-corrected chi connectivity index (χ4v) is 3.76. The Balaban J connectivity index is 2.15. The molecule has 0 saturated carbocycles. The zero-order valence-corrected chi connectivity index (χ0v) is 12.2. The maximum atomic E-state index is 12.6. The molecule has 0 atom stereocenters. The molecule has 0 bridgehead atoms. The van der Waals surface area contributed by atoms with E-state index in [1.807, 2.05) is 0 Å². The summed E-state index contributed by atoms with van der Waals surface area (Å²) in [5, 5.41) is 2.73. The standard InChI is InChI=1S/C12H16F3N3O2S/c1-16-11-8-10(2-5-17-11)21(19,20)18-6-3-9(4-7-18)12(13,14)15/h2,5,8-9H,3-4,6-7H2,1H3,(H,16,17). The second-order valence-corrected chi connectivity index (χ2v) is 6.78. The molecule has 21 heavy (non-hydrogen) atoms. The zero-order chi connectivity index (χ0) is 15.7. The summed E-state index contributed by atoms with van der Waals surface area (Å²) in [6.45, 7) is -0.243. The summed E-state index contributed by atoms with van der Waals surface area (Å²) in [6.07, 6.45) is -3.31. The van der Waals surface area contributed by atoms with Crippen LogP contribution < -0.4 is 5.32 Å². The number of pyridine rings is 1. The van der Waals surface area contributed by atoms with Gasteiger partial charge >= 0.3 is 6.18 Å². The Morgan fingerprint density at radius 1 is 1.33 bits per heavy atom. The number of piperidine rings is 1. The molecule has 0 radical (unpaired) electrons. The van der Waals surface area contributed by atoms with Gasteiger partial charge in [-0.1, -0.05) is 0 Å². The van der Waals surface area contributed by atoms with E-state index in [0.717, 1.165) is 4.31 Å². The minimum atomic E-state index is -4.26. The highest BCUT2D eigenvalue weighted by molar-refractivity contribution is 7.89. The molecule has 0 aliphatic carbocycles. The third-order valence-corrected chi connectivity index (χ3v) is 5.44. The predicted octanol–water partition coefficient (Wildman–Crippen LogP) is 2.09. The van der Waals surface area contributed by atoms with Crippen LogP contribution in [0.15, 0.2) is 23.2 Å². The van der Waals surface area contributed by atoms with Crippen LogP contribution in [0.1, 0.15) is 12.8 Å². The van der Waals surface area contributed by atoms with Gasteiger partial charge in [0.2, 0.25) is 10.0 Å². The lowest BCUT2D eigenvalue weighted by molar-refractivity contribution is -0.182. The Hall–Kier alpha value is -1.35. The smallest absolute Gasteiger partial charge is 0.373 e. The van der Waals surface area contributed by atoms with Gasteiger partial charge in [-0.2, -0.15) is 17.5 Å². The molecule has 1 saturated heterocycles. The summed E-state index contributed by atoms with van der Waals surface area (Å²) >= 11 is 0. The minimum Gasteiger partial charge on any atom is -0.373 e. The highest BCUT2D eigenvalue weighted by Crippen LogP contribution is 2.35. The monoisotopic (exact) mass is 323 g/mol.